The van der Waals surface area contributed by atoms with Crippen LogP contribution in [0.15, 0.2) is 0 Å². The van der Waals surface area contributed by atoms with Gasteiger partial charge in [0.1, 0.15) is 11.6 Å². The zero-order valence-corrected chi connectivity index (χ0v) is 14.7. The van der Waals surface area contributed by atoms with Crippen molar-refractivity contribution >= 4 is 11.6 Å². The van der Waals surface area contributed by atoms with Gasteiger partial charge in [0.2, 0.25) is 0 Å². The fourth-order valence-corrected chi connectivity index (χ4v) is 5.79. The lowest BCUT2D eigenvalue weighted by Crippen LogP contribution is -2.59. The molecule has 2 rings (SSSR count). The number of hydrogen-bond acceptors (Lipinski definition) is 2. The average Bonchev–Trinajstić information content (AvgIpc) is 2.36. The molecule has 0 radical (unpaired) electrons. The number of rotatable bonds is 3. The van der Waals surface area contributed by atoms with Crippen LogP contribution in [0.2, 0.25) is 0 Å². The Balaban J connectivity index is 2.52. The molecule has 0 aromatic rings. The van der Waals surface area contributed by atoms with E-state index >= 15 is 0 Å². The molecule has 6 atom stereocenters. The molecular formula is C19H32O2. The predicted octanol–water partition coefficient (Wildman–Crippen LogP) is 4.66. The van der Waals surface area contributed by atoms with Crippen LogP contribution in [0.4, 0.5) is 0 Å². The first kappa shape index (κ1) is 16.7. The Hall–Kier alpha value is -0.660. The second kappa shape index (κ2) is 5.52. The van der Waals surface area contributed by atoms with Crippen molar-refractivity contribution < 1.29 is 9.59 Å². The third-order valence-electron chi connectivity index (χ3n) is 6.97. The maximum atomic E-state index is 13.1. The summed E-state index contributed by atoms with van der Waals surface area (Å²) in [6, 6.07) is 0. The number of fused-ring (bicyclic) bond motifs is 1. The van der Waals surface area contributed by atoms with E-state index in [1.807, 2.05) is 0 Å². The first-order valence-corrected chi connectivity index (χ1v) is 8.72. The Kier molecular flexibility index (Phi) is 4.39. The number of carbonyl (C=O) groups is 2. The first-order chi connectivity index (χ1) is 9.68. The maximum Gasteiger partial charge on any atom is 0.139 e. The number of Topliss-reactive ketones (excluding diaryl/α,β-unsaturated/α-hetero) is 2. The smallest absolute Gasteiger partial charge is 0.139 e. The third-order valence-corrected chi connectivity index (χ3v) is 6.97. The topological polar surface area (TPSA) is 34.1 Å². The van der Waals surface area contributed by atoms with Crippen molar-refractivity contribution in [1.82, 2.24) is 0 Å². The van der Waals surface area contributed by atoms with Crippen LogP contribution in [0.25, 0.3) is 0 Å². The van der Waals surface area contributed by atoms with E-state index in [0.717, 1.165) is 32.1 Å². The van der Waals surface area contributed by atoms with Crippen molar-refractivity contribution in [2.24, 2.45) is 34.5 Å². The largest absolute Gasteiger partial charge is 0.300 e. The summed E-state index contributed by atoms with van der Waals surface area (Å²) in [5, 5.41) is 0. The van der Waals surface area contributed by atoms with Crippen molar-refractivity contribution in [3.8, 4) is 0 Å². The molecule has 0 aliphatic heterocycles. The number of ketones is 2. The van der Waals surface area contributed by atoms with Crippen LogP contribution >= 0.6 is 0 Å². The number of hydrogen-bond donors (Lipinski definition) is 0. The van der Waals surface area contributed by atoms with Crippen molar-refractivity contribution in [2.45, 2.75) is 73.6 Å². The Bertz CT molecular complexity index is 441. The van der Waals surface area contributed by atoms with E-state index in [4.69, 9.17) is 0 Å². The monoisotopic (exact) mass is 292 g/mol. The Labute approximate surface area is 130 Å². The molecule has 0 heterocycles. The standard InChI is InChI=1S/C19H32O2/c1-7-9-19(6)15(14(4)20)8-10-18(5)13(3)11-12(2)16(21)17(18)19/h12-13,15,17H,7-11H2,1-6H3/t12-,13+,15?,17?,18-,19-/m0/s1. The molecule has 0 N–H and O–H groups in total. The van der Waals surface area contributed by atoms with E-state index in [2.05, 4.69) is 34.6 Å². The van der Waals surface area contributed by atoms with Crippen LogP contribution in [-0.2, 0) is 9.59 Å². The molecule has 2 saturated carbocycles. The highest BCUT2D eigenvalue weighted by molar-refractivity contribution is 5.88. The number of carbonyl (C=O) groups excluding carboxylic acids is 2. The predicted molar refractivity (Wildman–Crippen MR) is 86.0 cm³/mol. The van der Waals surface area contributed by atoms with E-state index in [1.165, 1.54) is 0 Å². The van der Waals surface area contributed by atoms with Crippen molar-refractivity contribution in [2.75, 3.05) is 0 Å². The minimum Gasteiger partial charge on any atom is -0.300 e. The highest BCUT2D eigenvalue weighted by atomic mass is 16.1. The van der Waals surface area contributed by atoms with Gasteiger partial charge in [0, 0.05) is 17.8 Å². The molecule has 0 aromatic carbocycles. The van der Waals surface area contributed by atoms with Crippen molar-refractivity contribution in [1.29, 1.82) is 0 Å². The van der Waals surface area contributed by atoms with Crippen LogP contribution < -0.4 is 0 Å². The highest BCUT2D eigenvalue weighted by Gasteiger charge is 2.61. The zero-order chi connectivity index (χ0) is 16.0. The summed E-state index contributed by atoms with van der Waals surface area (Å²) in [7, 11) is 0. The van der Waals surface area contributed by atoms with Gasteiger partial charge in [-0.2, -0.15) is 0 Å². The molecule has 2 fully saturated rings. The summed E-state index contributed by atoms with van der Waals surface area (Å²) >= 11 is 0. The van der Waals surface area contributed by atoms with Gasteiger partial charge in [-0.3, -0.25) is 9.59 Å². The molecule has 2 aliphatic carbocycles. The maximum absolute atomic E-state index is 13.1. The van der Waals surface area contributed by atoms with Gasteiger partial charge in [-0.25, -0.2) is 0 Å². The van der Waals surface area contributed by atoms with Crippen LogP contribution in [-0.4, -0.2) is 11.6 Å². The minimum absolute atomic E-state index is 0.0614. The van der Waals surface area contributed by atoms with E-state index in [-0.39, 0.29) is 34.4 Å². The lowest BCUT2D eigenvalue weighted by molar-refractivity contribution is -0.166. The van der Waals surface area contributed by atoms with Crippen LogP contribution in [0, 0.1) is 34.5 Å². The summed E-state index contributed by atoms with van der Waals surface area (Å²) < 4.78 is 0. The van der Waals surface area contributed by atoms with Gasteiger partial charge >= 0.3 is 0 Å². The van der Waals surface area contributed by atoms with Crippen molar-refractivity contribution in [3.05, 3.63) is 0 Å². The summed E-state index contributed by atoms with van der Waals surface area (Å²) in [5.74, 6) is 1.56. The summed E-state index contributed by atoms with van der Waals surface area (Å²) in [5.41, 5.74) is -0.0624. The van der Waals surface area contributed by atoms with E-state index < -0.39 is 0 Å². The molecular weight excluding hydrogens is 260 g/mol. The fourth-order valence-electron chi connectivity index (χ4n) is 5.79. The molecule has 120 valence electrons. The summed E-state index contributed by atoms with van der Waals surface area (Å²) in [6.45, 7) is 12.8. The molecule has 2 heteroatoms. The van der Waals surface area contributed by atoms with Gasteiger partial charge in [-0.05, 0) is 49.4 Å². The second-order valence-electron chi connectivity index (χ2n) is 8.34. The van der Waals surface area contributed by atoms with Gasteiger partial charge in [0.25, 0.3) is 0 Å². The molecule has 21 heavy (non-hydrogen) atoms. The first-order valence-electron chi connectivity index (χ1n) is 8.72. The van der Waals surface area contributed by atoms with Crippen LogP contribution in [0.3, 0.4) is 0 Å². The summed E-state index contributed by atoms with van der Waals surface area (Å²) in [4.78, 5) is 25.3. The zero-order valence-electron chi connectivity index (χ0n) is 14.7. The molecule has 0 amide bonds. The Morgan fingerprint density at radius 1 is 1.29 bits per heavy atom. The lowest BCUT2D eigenvalue weighted by Gasteiger charge is -2.60. The molecule has 0 spiro atoms. The highest BCUT2D eigenvalue weighted by Crippen LogP contribution is 2.62. The quantitative estimate of drug-likeness (QED) is 0.758. The van der Waals surface area contributed by atoms with Crippen LogP contribution in [0.5, 0.6) is 0 Å². The summed E-state index contributed by atoms with van der Waals surface area (Å²) in [6.07, 6.45) is 5.04. The lowest BCUT2D eigenvalue weighted by atomic mass is 9.43. The molecule has 0 aromatic heterocycles. The van der Waals surface area contributed by atoms with E-state index in [9.17, 15) is 9.59 Å². The Morgan fingerprint density at radius 3 is 2.43 bits per heavy atom. The SMILES string of the molecule is CCC[C@@]1(C)C(C(C)=O)CC[C@]2(C)C1C(=O)[C@@H](C)C[C@H]2C. The van der Waals surface area contributed by atoms with Gasteiger partial charge in [-0.15, -0.1) is 0 Å². The van der Waals surface area contributed by atoms with Gasteiger partial charge in [-0.1, -0.05) is 41.0 Å². The molecule has 2 unspecified atom stereocenters. The molecule has 0 bridgehead atoms. The minimum atomic E-state index is -0.145. The Morgan fingerprint density at radius 2 is 1.90 bits per heavy atom. The molecule has 2 nitrogen and oxygen atoms in total. The van der Waals surface area contributed by atoms with Crippen LogP contribution in [0.1, 0.15) is 73.6 Å². The van der Waals surface area contributed by atoms with E-state index in [1.54, 1.807) is 6.92 Å². The second-order valence-corrected chi connectivity index (χ2v) is 8.34. The molecule has 0 saturated heterocycles. The van der Waals surface area contributed by atoms with Crippen molar-refractivity contribution in [3.63, 3.8) is 0 Å². The van der Waals surface area contributed by atoms with E-state index in [0.29, 0.717) is 11.7 Å². The average molecular weight is 292 g/mol. The van der Waals surface area contributed by atoms with Gasteiger partial charge < -0.3 is 0 Å². The van der Waals surface area contributed by atoms with Gasteiger partial charge in [0.15, 0.2) is 0 Å². The fraction of sp³-hybridized carbons (Fsp3) is 0.895. The third kappa shape index (κ3) is 2.39. The van der Waals surface area contributed by atoms with Gasteiger partial charge in [0.05, 0.1) is 0 Å². The molecule has 2 aliphatic rings. The normalized spacial score (nSPS) is 47.0.